The predicted molar refractivity (Wildman–Crippen MR) is 115 cm³/mol. The van der Waals surface area contributed by atoms with E-state index in [1.54, 1.807) is 22.9 Å². The van der Waals surface area contributed by atoms with Crippen molar-refractivity contribution in [3.8, 4) is 5.69 Å². The second kappa shape index (κ2) is 8.18. The molecule has 0 radical (unpaired) electrons. The van der Waals surface area contributed by atoms with E-state index in [9.17, 15) is 14.0 Å². The maximum atomic E-state index is 13.2. The first-order valence-electron chi connectivity index (χ1n) is 9.90. The lowest BCUT2D eigenvalue weighted by molar-refractivity contribution is -0.143. The third kappa shape index (κ3) is 3.74. The smallest absolute Gasteiger partial charge is 0.329 e. The summed E-state index contributed by atoms with van der Waals surface area (Å²) >= 11 is 0. The van der Waals surface area contributed by atoms with Gasteiger partial charge < -0.3 is 4.74 Å². The number of fused-ring (bicyclic) bond motifs is 1. The molecule has 1 aliphatic rings. The fraction of sp³-hybridized carbons (Fsp3) is 0.208. The summed E-state index contributed by atoms with van der Waals surface area (Å²) in [5.41, 5.74) is 4.71. The Labute approximate surface area is 179 Å². The first kappa shape index (κ1) is 20.5. The first-order valence-corrected chi connectivity index (χ1v) is 9.90. The van der Waals surface area contributed by atoms with Gasteiger partial charge in [-0.3, -0.25) is 9.69 Å². The van der Waals surface area contributed by atoms with Crippen LogP contribution in [-0.2, 0) is 20.7 Å². The van der Waals surface area contributed by atoms with Crippen molar-refractivity contribution in [1.29, 1.82) is 0 Å². The van der Waals surface area contributed by atoms with Gasteiger partial charge in [-0.25, -0.2) is 13.9 Å². The number of carbonyl (C=O) groups excluding carboxylic acids is 2. The molecule has 6 nitrogen and oxygen atoms in total. The Morgan fingerprint density at radius 2 is 1.84 bits per heavy atom. The number of carbonyl (C=O) groups is 2. The molecule has 0 saturated carbocycles. The summed E-state index contributed by atoms with van der Waals surface area (Å²) < 4.78 is 19.9. The van der Waals surface area contributed by atoms with Gasteiger partial charge in [0, 0.05) is 29.4 Å². The van der Waals surface area contributed by atoms with Crippen molar-refractivity contribution in [2.24, 2.45) is 0 Å². The molecule has 31 heavy (non-hydrogen) atoms. The minimum absolute atomic E-state index is 0.311. The van der Waals surface area contributed by atoms with Crippen LogP contribution < -0.4 is 4.90 Å². The van der Waals surface area contributed by atoms with Crippen LogP contribution in [-0.4, -0.2) is 34.8 Å². The minimum Gasteiger partial charge on any atom is -0.467 e. The molecule has 1 aromatic heterocycles. The number of para-hydroxylation sites is 1. The predicted octanol–water partition coefficient (Wildman–Crippen LogP) is 3.77. The zero-order chi connectivity index (χ0) is 22.1. The van der Waals surface area contributed by atoms with Crippen LogP contribution in [0.5, 0.6) is 0 Å². The number of nitrogens with zero attached hydrogens (tertiary/aromatic N) is 3. The molecule has 3 aromatic rings. The van der Waals surface area contributed by atoms with E-state index in [1.165, 1.54) is 30.2 Å². The molecule has 158 valence electrons. The molecule has 7 heteroatoms. The Kier molecular flexibility index (Phi) is 5.42. The number of halogens is 1. The number of aryl methyl sites for hydroxylation is 1. The average Bonchev–Trinajstić information content (AvgIpc) is 3.29. The van der Waals surface area contributed by atoms with Gasteiger partial charge in [-0.05, 0) is 55.8 Å². The van der Waals surface area contributed by atoms with Crippen molar-refractivity contribution in [2.45, 2.75) is 26.3 Å². The van der Waals surface area contributed by atoms with E-state index in [4.69, 9.17) is 4.74 Å². The highest BCUT2D eigenvalue weighted by atomic mass is 19.1. The number of benzene rings is 2. The molecule has 0 fully saturated rings. The van der Waals surface area contributed by atoms with Gasteiger partial charge >= 0.3 is 5.97 Å². The highest BCUT2D eigenvalue weighted by molar-refractivity contribution is 6.09. The normalized spacial score (nSPS) is 15.4. The molecule has 1 amide bonds. The number of rotatable bonds is 4. The van der Waals surface area contributed by atoms with Gasteiger partial charge in [-0.1, -0.05) is 18.2 Å². The SMILES string of the molecule is COC(=O)C1Cc2ccccc2N1C(=O)/C=C/c1c(C)nn(-c2ccc(F)cc2)c1C. The van der Waals surface area contributed by atoms with Crippen molar-refractivity contribution in [1.82, 2.24) is 9.78 Å². The zero-order valence-corrected chi connectivity index (χ0v) is 17.5. The second-order valence-corrected chi connectivity index (χ2v) is 7.39. The molecule has 4 rings (SSSR count). The van der Waals surface area contributed by atoms with Crippen molar-refractivity contribution >= 4 is 23.6 Å². The summed E-state index contributed by atoms with van der Waals surface area (Å²) in [4.78, 5) is 26.9. The Balaban J connectivity index is 1.65. The number of ether oxygens (including phenoxy) is 1. The van der Waals surface area contributed by atoms with Crippen LogP contribution >= 0.6 is 0 Å². The third-order valence-corrected chi connectivity index (χ3v) is 5.50. The maximum Gasteiger partial charge on any atom is 0.329 e. The molecule has 0 aliphatic carbocycles. The molecular formula is C24H22FN3O3. The summed E-state index contributed by atoms with van der Waals surface area (Å²) in [6.45, 7) is 3.73. The topological polar surface area (TPSA) is 64.4 Å². The number of hydrogen-bond donors (Lipinski definition) is 0. The summed E-state index contributed by atoms with van der Waals surface area (Å²) in [5.74, 6) is -1.08. The van der Waals surface area contributed by atoms with E-state index in [1.807, 2.05) is 38.1 Å². The molecule has 0 spiro atoms. The molecule has 0 N–H and O–H groups in total. The highest BCUT2D eigenvalue weighted by Crippen LogP contribution is 2.33. The van der Waals surface area contributed by atoms with E-state index in [0.29, 0.717) is 12.1 Å². The Bertz CT molecular complexity index is 1180. The zero-order valence-electron chi connectivity index (χ0n) is 17.5. The van der Waals surface area contributed by atoms with Crippen molar-refractivity contribution in [2.75, 3.05) is 12.0 Å². The summed E-state index contributed by atoms with van der Waals surface area (Å²) in [7, 11) is 1.32. The van der Waals surface area contributed by atoms with E-state index >= 15 is 0 Å². The maximum absolute atomic E-state index is 13.2. The van der Waals surface area contributed by atoms with E-state index in [2.05, 4.69) is 5.10 Å². The fourth-order valence-corrected chi connectivity index (χ4v) is 3.95. The quantitative estimate of drug-likeness (QED) is 0.477. The van der Waals surface area contributed by atoms with Crippen LogP contribution in [0.4, 0.5) is 10.1 Å². The molecule has 0 saturated heterocycles. The highest BCUT2D eigenvalue weighted by Gasteiger charge is 2.38. The average molecular weight is 419 g/mol. The van der Waals surface area contributed by atoms with Crippen LogP contribution in [0, 0.1) is 19.7 Å². The van der Waals surface area contributed by atoms with E-state index in [0.717, 1.165) is 28.2 Å². The number of anilines is 1. The first-order chi connectivity index (χ1) is 14.9. The van der Waals surface area contributed by atoms with Crippen LogP contribution in [0.25, 0.3) is 11.8 Å². The van der Waals surface area contributed by atoms with Gasteiger partial charge in [0.15, 0.2) is 0 Å². The molecule has 0 bridgehead atoms. The Morgan fingerprint density at radius 1 is 1.13 bits per heavy atom. The molecule has 1 atom stereocenters. The molecule has 1 unspecified atom stereocenters. The van der Waals surface area contributed by atoms with Crippen molar-refractivity contribution in [3.63, 3.8) is 0 Å². The molecular weight excluding hydrogens is 397 g/mol. The van der Waals surface area contributed by atoms with E-state index in [-0.39, 0.29) is 11.7 Å². The van der Waals surface area contributed by atoms with Crippen LogP contribution in [0.2, 0.25) is 0 Å². The molecule has 2 aromatic carbocycles. The van der Waals surface area contributed by atoms with Crippen LogP contribution in [0.1, 0.15) is 22.5 Å². The number of methoxy groups -OCH3 is 1. The standard InChI is InChI=1S/C24H22FN3O3/c1-15-20(16(2)28(26-15)19-10-8-18(25)9-11-19)12-13-23(29)27-21-7-5-4-6-17(21)14-22(27)24(30)31-3/h4-13,22H,14H2,1-3H3/b13-12+. The van der Waals surface area contributed by atoms with Gasteiger partial charge in [0.05, 0.1) is 18.5 Å². The monoisotopic (exact) mass is 419 g/mol. The van der Waals surface area contributed by atoms with Gasteiger partial charge in [0.2, 0.25) is 0 Å². The summed E-state index contributed by atoms with van der Waals surface area (Å²) in [5, 5.41) is 4.52. The van der Waals surface area contributed by atoms with Gasteiger partial charge in [0.25, 0.3) is 5.91 Å². The lowest BCUT2D eigenvalue weighted by Gasteiger charge is -2.22. The lowest BCUT2D eigenvalue weighted by atomic mass is 10.1. The van der Waals surface area contributed by atoms with Crippen molar-refractivity contribution in [3.05, 3.63) is 82.9 Å². The van der Waals surface area contributed by atoms with Gasteiger partial charge in [-0.2, -0.15) is 5.10 Å². The minimum atomic E-state index is -0.691. The second-order valence-electron chi connectivity index (χ2n) is 7.39. The third-order valence-electron chi connectivity index (χ3n) is 5.50. The number of esters is 1. The fourth-order valence-electron chi connectivity index (χ4n) is 3.95. The Hall–Kier alpha value is -3.74. The molecule has 2 heterocycles. The van der Waals surface area contributed by atoms with Gasteiger partial charge in [-0.15, -0.1) is 0 Å². The summed E-state index contributed by atoms with van der Waals surface area (Å²) in [6.07, 6.45) is 3.57. The van der Waals surface area contributed by atoms with Gasteiger partial charge in [0.1, 0.15) is 11.9 Å². The number of aromatic nitrogens is 2. The largest absolute Gasteiger partial charge is 0.467 e. The number of amides is 1. The van der Waals surface area contributed by atoms with E-state index < -0.39 is 12.0 Å². The molecule has 1 aliphatic heterocycles. The lowest BCUT2D eigenvalue weighted by Crippen LogP contribution is -2.42. The summed E-state index contributed by atoms with van der Waals surface area (Å²) in [6, 6.07) is 12.8. The van der Waals surface area contributed by atoms with Crippen molar-refractivity contribution < 1.29 is 18.7 Å². The van der Waals surface area contributed by atoms with Crippen LogP contribution in [0.3, 0.4) is 0 Å². The Morgan fingerprint density at radius 3 is 2.55 bits per heavy atom. The van der Waals surface area contributed by atoms with Crippen LogP contribution in [0.15, 0.2) is 54.6 Å². The number of hydrogen-bond acceptors (Lipinski definition) is 4.